The SMILES string of the molecule is CC(C)(C)N1CCC2(CCCN2c2ccccc2C2CC2)CC1. The first-order valence-corrected chi connectivity index (χ1v) is 9.61. The van der Waals surface area contributed by atoms with Crippen LogP contribution in [-0.4, -0.2) is 35.6 Å². The first-order chi connectivity index (χ1) is 11.0. The molecule has 0 unspecified atom stereocenters. The molecule has 1 saturated carbocycles. The fourth-order valence-electron chi connectivity index (χ4n) is 4.90. The van der Waals surface area contributed by atoms with Gasteiger partial charge in [0, 0.05) is 36.4 Å². The predicted octanol–water partition coefficient (Wildman–Crippen LogP) is 4.80. The van der Waals surface area contributed by atoms with Crippen LogP contribution in [0.4, 0.5) is 5.69 Å². The molecule has 4 rings (SSSR count). The van der Waals surface area contributed by atoms with Crippen LogP contribution in [0.25, 0.3) is 0 Å². The van der Waals surface area contributed by atoms with Crippen molar-refractivity contribution in [1.82, 2.24) is 4.90 Å². The summed E-state index contributed by atoms with van der Waals surface area (Å²) in [7, 11) is 0. The molecule has 0 aromatic heterocycles. The minimum Gasteiger partial charge on any atom is -0.366 e. The number of anilines is 1. The standard InChI is InChI=1S/C21H32N2/c1-20(2,3)22-15-12-21(13-16-22)11-6-14-23(21)19-8-5-4-7-18(19)17-9-10-17/h4-5,7-8,17H,6,9-16H2,1-3H3. The molecule has 0 N–H and O–H groups in total. The van der Waals surface area contributed by atoms with E-state index in [1.54, 1.807) is 11.3 Å². The third kappa shape index (κ3) is 2.80. The molecule has 3 aliphatic rings. The summed E-state index contributed by atoms with van der Waals surface area (Å²) in [5, 5.41) is 0. The molecule has 3 fully saturated rings. The van der Waals surface area contributed by atoms with Crippen LogP contribution in [0.2, 0.25) is 0 Å². The number of para-hydroxylation sites is 1. The molecular formula is C21H32N2. The molecule has 23 heavy (non-hydrogen) atoms. The maximum absolute atomic E-state index is 2.82. The molecule has 126 valence electrons. The third-order valence-electron chi connectivity index (χ3n) is 6.48. The normalized spacial score (nSPS) is 25.3. The van der Waals surface area contributed by atoms with Gasteiger partial charge in [0.25, 0.3) is 0 Å². The van der Waals surface area contributed by atoms with E-state index in [0.29, 0.717) is 11.1 Å². The predicted molar refractivity (Wildman–Crippen MR) is 98.3 cm³/mol. The largest absolute Gasteiger partial charge is 0.366 e. The molecule has 0 bridgehead atoms. The lowest BCUT2D eigenvalue weighted by atomic mass is 9.83. The highest BCUT2D eigenvalue weighted by Crippen LogP contribution is 2.49. The number of rotatable bonds is 2. The van der Waals surface area contributed by atoms with Gasteiger partial charge in [-0.05, 0) is 76.8 Å². The van der Waals surface area contributed by atoms with Crippen LogP contribution in [0.15, 0.2) is 24.3 Å². The number of benzene rings is 1. The van der Waals surface area contributed by atoms with E-state index in [-0.39, 0.29) is 0 Å². The van der Waals surface area contributed by atoms with E-state index in [1.807, 2.05) is 0 Å². The Hall–Kier alpha value is -1.02. The number of nitrogens with zero attached hydrogens (tertiary/aromatic N) is 2. The van der Waals surface area contributed by atoms with Gasteiger partial charge in [0.15, 0.2) is 0 Å². The molecular weight excluding hydrogens is 280 g/mol. The molecule has 0 amide bonds. The van der Waals surface area contributed by atoms with Crippen LogP contribution in [0.1, 0.15) is 70.8 Å². The molecule has 0 atom stereocenters. The minimum absolute atomic E-state index is 0.316. The Bertz CT molecular complexity index is 559. The second-order valence-corrected chi connectivity index (χ2v) is 8.97. The minimum atomic E-state index is 0.316. The number of likely N-dealkylation sites (tertiary alicyclic amines) is 1. The van der Waals surface area contributed by atoms with Gasteiger partial charge in [-0.2, -0.15) is 0 Å². The summed E-state index contributed by atoms with van der Waals surface area (Å²) in [4.78, 5) is 5.50. The quantitative estimate of drug-likeness (QED) is 0.774. The van der Waals surface area contributed by atoms with Gasteiger partial charge >= 0.3 is 0 Å². The lowest BCUT2D eigenvalue weighted by Crippen LogP contribution is -2.56. The number of hydrogen-bond donors (Lipinski definition) is 0. The smallest absolute Gasteiger partial charge is 0.0427 e. The second-order valence-electron chi connectivity index (χ2n) is 8.97. The highest BCUT2D eigenvalue weighted by atomic mass is 15.3. The van der Waals surface area contributed by atoms with E-state index >= 15 is 0 Å². The Morgan fingerprint density at radius 3 is 2.30 bits per heavy atom. The van der Waals surface area contributed by atoms with Crippen LogP contribution in [0, 0.1) is 0 Å². The Balaban J connectivity index is 1.58. The lowest BCUT2D eigenvalue weighted by molar-refractivity contribution is 0.0775. The summed E-state index contributed by atoms with van der Waals surface area (Å²) < 4.78 is 0. The Labute approximate surface area is 141 Å². The molecule has 2 saturated heterocycles. The van der Waals surface area contributed by atoms with E-state index < -0.39 is 0 Å². The number of piperidine rings is 1. The van der Waals surface area contributed by atoms with Crippen molar-refractivity contribution >= 4 is 5.69 Å². The summed E-state index contributed by atoms with van der Waals surface area (Å²) in [6, 6.07) is 9.28. The maximum Gasteiger partial charge on any atom is 0.0427 e. The van der Waals surface area contributed by atoms with Crippen LogP contribution in [0.3, 0.4) is 0 Å². The Morgan fingerprint density at radius 1 is 0.957 bits per heavy atom. The van der Waals surface area contributed by atoms with Crippen molar-refractivity contribution in [3.05, 3.63) is 29.8 Å². The van der Waals surface area contributed by atoms with Gasteiger partial charge in [0.2, 0.25) is 0 Å². The van der Waals surface area contributed by atoms with E-state index in [4.69, 9.17) is 0 Å². The molecule has 2 heteroatoms. The fraction of sp³-hybridized carbons (Fsp3) is 0.714. The molecule has 2 nitrogen and oxygen atoms in total. The molecule has 0 radical (unpaired) electrons. The van der Waals surface area contributed by atoms with Crippen molar-refractivity contribution in [2.45, 2.75) is 76.3 Å². The van der Waals surface area contributed by atoms with Crippen molar-refractivity contribution in [2.75, 3.05) is 24.5 Å². The van der Waals surface area contributed by atoms with E-state index in [9.17, 15) is 0 Å². The highest BCUT2D eigenvalue weighted by Gasteiger charge is 2.45. The van der Waals surface area contributed by atoms with Crippen LogP contribution in [-0.2, 0) is 0 Å². The van der Waals surface area contributed by atoms with Crippen molar-refractivity contribution < 1.29 is 0 Å². The number of hydrogen-bond acceptors (Lipinski definition) is 2. The van der Waals surface area contributed by atoms with E-state index in [2.05, 4.69) is 54.8 Å². The molecule has 1 aromatic carbocycles. The van der Waals surface area contributed by atoms with Gasteiger partial charge in [-0.1, -0.05) is 18.2 Å². The molecule has 1 spiro atoms. The third-order valence-corrected chi connectivity index (χ3v) is 6.48. The van der Waals surface area contributed by atoms with Crippen LogP contribution < -0.4 is 4.90 Å². The zero-order valence-corrected chi connectivity index (χ0v) is 15.1. The monoisotopic (exact) mass is 312 g/mol. The first kappa shape index (κ1) is 15.5. The highest BCUT2D eigenvalue weighted by molar-refractivity contribution is 5.59. The molecule has 1 aromatic rings. The van der Waals surface area contributed by atoms with Gasteiger partial charge in [-0.3, -0.25) is 4.90 Å². The Morgan fingerprint density at radius 2 is 1.65 bits per heavy atom. The molecule has 2 heterocycles. The van der Waals surface area contributed by atoms with E-state index in [1.165, 1.54) is 58.2 Å². The van der Waals surface area contributed by atoms with Crippen molar-refractivity contribution in [3.63, 3.8) is 0 Å². The van der Waals surface area contributed by atoms with Gasteiger partial charge in [0.05, 0.1) is 0 Å². The second kappa shape index (κ2) is 5.51. The first-order valence-electron chi connectivity index (χ1n) is 9.61. The summed E-state index contributed by atoms with van der Waals surface area (Å²) in [5.74, 6) is 0.846. The Kier molecular flexibility index (Phi) is 3.72. The average Bonchev–Trinajstić information content (AvgIpc) is 3.30. The zero-order chi connectivity index (χ0) is 16.1. The van der Waals surface area contributed by atoms with Crippen molar-refractivity contribution in [2.24, 2.45) is 0 Å². The van der Waals surface area contributed by atoms with Crippen LogP contribution >= 0.6 is 0 Å². The summed E-state index contributed by atoms with van der Waals surface area (Å²) in [5.41, 5.74) is 3.95. The molecule has 2 aliphatic heterocycles. The lowest BCUT2D eigenvalue weighted by Gasteiger charge is -2.49. The molecule has 1 aliphatic carbocycles. The van der Waals surface area contributed by atoms with Gasteiger partial charge < -0.3 is 4.90 Å². The van der Waals surface area contributed by atoms with Crippen molar-refractivity contribution in [3.8, 4) is 0 Å². The summed E-state index contributed by atoms with van der Waals surface area (Å²) in [6.45, 7) is 10.9. The van der Waals surface area contributed by atoms with Crippen molar-refractivity contribution in [1.29, 1.82) is 0 Å². The van der Waals surface area contributed by atoms with Crippen LogP contribution in [0.5, 0.6) is 0 Å². The maximum atomic E-state index is 2.82. The van der Waals surface area contributed by atoms with E-state index in [0.717, 1.165) is 5.92 Å². The average molecular weight is 313 g/mol. The van der Waals surface area contributed by atoms with Gasteiger partial charge in [0.1, 0.15) is 0 Å². The summed E-state index contributed by atoms with van der Waals surface area (Å²) >= 11 is 0. The van der Waals surface area contributed by atoms with Gasteiger partial charge in [-0.25, -0.2) is 0 Å². The van der Waals surface area contributed by atoms with Gasteiger partial charge in [-0.15, -0.1) is 0 Å². The topological polar surface area (TPSA) is 6.48 Å². The summed E-state index contributed by atoms with van der Waals surface area (Å²) in [6.07, 6.45) is 8.23. The zero-order valence-electron chi connectivity index (χ0n) is 15.1. The fourth-order valence-corrected chi connectivity index (χ4v) is 4.90.